The minimum Gasteiger partial charge on any atom is -0.351 e. The summed E-state index contributed by atoms with van der Waals surface area (Å²) >= 11 is 0. The summed E-state index contributed by atoms with van der Waals surface area (Å²) in [6.45, 7) is 2.01. The Balaban J connectivity index is 1.71. The van der Waals surface area contributed by atoms with E-state index in [1.807, 2.05) is 31.2 Å². The van der Waals surface area contributed by atoms with Crippen molar-refractivity contribution in [2.45, 2.75) is 25.8 Å². The number of nitrogens with zero attached hydrogens (tertiary/aromatic N) is 2. The van der Waals surface area contributed by atoms with Gasteiger partial charge in [-0.1, -0.05) is 17.7 Å². The van der Waals surface area contributed by atoms with E-state index in [1.165, 1.54) is 0 Å². The number of aromatic nitrogens is 2. The minimum atomic E-state index is -0.227. The minimum absolute atomic E-state index is 0.227. The van der Waals surface area contributed by atoms with Gasteiger partial charge in [-0.25, -0.2) is 9.97 Å². The van der Waals surface area contributed by atoms with Gasteiger partial charge in [0.1, 0.15) is 5.69 Å². The Labute approximate surface area is 117 Å². The quantitative estimate of drug-likeness (QED) is 0.894. The molecule has 1 fully saturated rings. The maximum atomic E-state index is 12.1. The topological polar surface area (TPSA) is 66.9 Å². The maximum Gasteiger partial charge on any atom is 0.274 e. The van der Waals surface area contributed by atoms with Gasteiger partial charge in [0.25, 0.3) is 5.91 Å². The predicted octanol–water partition coefficient (Wildman–Crippen LogP) is 2.61. The van der Waals surface area contributed by atoms with Crippen LogP contribution in [0.1, 0.15) is 28.9 Å². The first kappa shape index (κ1) is 12.6. The highest BCUT2D eigenvalue weighted by atomic mass is 16.1. The summed E-state index contributed by atoms with van der Waals surface area (Å²) in [7, 11) is 0. The fraction of sp³-hybridized carbons (Fsp3) is 0.267. The smallest absolute Gasteiger partial charge is 0.274 e. The van der Waals surface area contributed by atoms with Crippen LogP contribution in [0.4, 0.5) is 11.6 Å². The second-order valence-electron chi connectivity index (χ2n) is 5.00. The molecule has 0 unspecified atom stereocenters. The van der Waals surface area contributed by atoms with E-state index < -0.39 is 0 Å². The summed E-state index contributed by atoms with van der Waals surface area (Å²) in [5.41, 5.74) is 2.28. The van der Waals surface area contributed by atoms with Gasteiger partial charge in [0.05, 0.1) is 0 Å². The van der Waals surface area contributed by atoms with Crippen molar-refractivity contribution < 1.29 is 4.79 Å². The van der Waals surface area contributed by atoms with Crippen LogP contribution in [0.25, 0.3) is 0 Å². The van der Waals surface area contributed by atoms with Crippen LogP contribution in [0.2, 0.25) is 0 Å². The Morgan fingerprint density at radius 1 is 1.20 bits per heavy atom. The Kier molecular flexibility index (Phi) is 3.33. The molecule has 3 rings (SSSR count). The zero-order valence-corrected chi connectivity index (χ0v) is 11.3. The molecule has 0 saturated heterocycles. The molecule has 1 heterocycles. The lowest BCUT2D eigenvalue weighted by Crippen LogP contribution is -2.15. The van der Waals surface area contributed by atoms with Crippen LogP contribution < -0.4 is 10.6 Å². The Bertz CT molecular complexity index is 620. The molecular formula is C15H16N4O. The lowest BCUT2D eigenvalue weighted by atomic mass is 10.2. The van der Waals surface area contributed by atoms with Crippen molar-refractivity contribution in [3.05, 3.63) is 47.8 Å². The van der Waals surface area contributed by atoms with Crippen molar-refractivity contribution in [1.82, 2.24) is 9.97 Å². The fourth-order valence-corrected chi connectivity index (χ4v) is 1.80. The van der Waals surface area contributed by atoms with E-state index in [1.54, 1.807) is 12.3 Å². The highest BCUT2D eigenvalue weighted by Gasteiger charge is 2.22. The van der Waals surface area contributed by atoms with Crippen molar-refractivity contribution in [3.63, 3.8) is 0 Å². The van der Waals surface area contributed by atoms with Gasteiger partial charge in [-0.15, -0.1) is 0 Å². The van der Waals surface area contributed by atoms with E-state index >= 15 is 0 Å². The Morgan fingerprint density at radius 2 is 1.95 bits per heavy atom. The number of anilines is 2. The highest BCUT2D eigenvalue weighted by molar-refractivity contribution is 6.02. The summed E-state index contributed by atoms with van der Waals surface area (Å²) in [5, 5.41) is 6.00. The van der Waals surface area contributed by atoms with Crippen LogP contribution in [-0.4, -0.2) is 21.9 Å². The van der Waals surface area contributed by atoms with Crippen LogP contribution in [0.15, 0.2) is 36.5 Å². The van der Waals surface area contributed by atoms with Crippen LogP contribution in [0, 0.1) is 6.92 Å². The van der Waals surface area contributed by atoms with Gasteiger partial charge in [0.15, 0.2) is 0 Å². The van der Waals surface area contributed by atoms with Crippen LogP contribution >= 0.6 is 0 Å². The average molecular weight is 268 g/mol. The van der Waals surface area contributed by atoms with Crippen LogP contribution in [0.5, 0.6) is 0 Å². The Morgan fingerprint density at radius 3 is 2.65 bits per heavy atom. The first-order valence-corrected chi connectivity index (χ1v) is 6.68. The first-order chi connectivity index (χ1) is 9.70. The van der Waals surface area contributed by atoms with Crippen molar-refractivity contribution in [2.24, 2.45) is 0 Å². The molecule has 5 heteroatoms. The molecule has 1 saturated carbocycles. The summed E-state index contributed by atoms with van der Waals surface area (Å²) in [4.78, 5) is 20.5. The number of hydrogen-bond acceptors (Lipinski definition) is 4. The third kappa shape index (κ3) is 3.12. The number of hydrogen-bond donors (Lipinski definition) is 2. The number of aryl methyl sites for hydroxylation is 1. The van der Waals surface area contributed by atoms with Gasteiger partial charge in [-0.3, -0.25) is 4.79 Å². The molecule has 2 aromatic rings. The molecule has 5 nitrogen and oxygen atoms in total. The standard InChI is InChI=1S/C15H16N4O/c1-10-2-4-11(5-3-10)17-14(20)13-8-9-16-15(19-13)18-12-6-7-12/h2-5,8-9,12H,6-7H2,1H3,(H,17,20)(H,16,18,19). The third-order valence-corrected chi connectivity index (χ3v) is 3.11. The Hall–Kier alpha value is -2.43. The molecule has 1 aliphatic carbocycles. The number of nitrogens with one attached hydrogen (secondary N) is 2. The SMILES string of the molecule is Cc1ccc(NC(=O)c2ccnc(NC3CC3)n2)cc1. The van der Waals surface area contributed by atoms with E-state index in [0.29, 0.717) is 17.7 Å². The zero-order chi connectivity index (χ0) is 13.9. The van der Waals surface area contributed by atoms with Crippen molar-refractivity contribution >= 4 is 17.5 Å². The van der Waals surface area contributed by atoms with Crippen molar-refractivity contribution in [1.29, 1.82) is 0 Å². The fourth-order valence-electron chi connectivity index (χ4n) is 1.80. The van der Waals surface area contributed by atoms with Gasteiger partial charge in [0, 0.05) is 17.9 Å². The molecule has 0 atom stereocenters. The normalized spacial score (nSPS) is 13.8. The van der Waals surface area contributed by atoms with Gasteiger partial charge in [-0.05, 0) is 38.0 Å². The number of amides is 1. The van der Waals surface area contributed by atoms with E-state index in [4.69, 9.17) is 0 Å². The highest BCUT2D eigenvalue weighted by Crippen LogP contribution is 2.22. The van der Waals surface area contributed by atoms with E-state index in [9.17, 15) is 4.79 Å². The zero-order valence-electron chi connectivity index (χ0n) is 11.3. The van der Waals surface area contributed by atoms with E-state index in [0.717, 1.165) is 24.1 Å². The number of carbonyl (C=O) groups excluding carboxylic acids is 1. The molecule has 0 spiro atoms. The summed E-state index contributed by atoms with van der Waals surface area (Å²) in [6.07, 6.45) is 3.88. The molecule has 0 bridgehead atoms. The summed E-state index contributed by atoms with van der Waals surface area (Å²) < 4.78 is 0. The molecule has 0 radical (unpaired) electrons. The van der Waals surface area contributed by atoms with E-state index in [-0.39, 0.29) is 5.91 Å². The molecule has 102 valence electrons. The molecule has 1 aromatic carbocycles. The number of benzene rings is 1. The molecule has 1 aromatic heterocycles. The molecular weight excluding hydrogens is 252 g/mol. The molecule has 20 heavy (non-hydrogen) atoms. The summed E-state index contributed by atoms with van der Waals surface area (Å²) in [5.74, 6) is 0.291. The van der Waals surface area contributed by atoms with Crippen LogP contribution in [-0.2, 0) is 0 Å². The van der Waals surface area contributed by atoms with Crippen molar-refractivity contribution in [3.8, 4) is 0 Å². The third-order valence-electron chi connectivity index (χ3n) is 3.11. The number of carbonyl (C=O) groups is 1. The second-order valence-corrected chi connectivity index (χ2v) is 5.00. The maximum absolute atomic E-state index is 12.1. The lowest BCUT2D eigenvalue weighted by molar-refractivity contribution is 0.102. The van der Waals surface area contributed by atoms with Gasteiger partial charge >= 0.3 is 0 Å². The molecule has 1 amide bonds. The first-order valence-electron chi connectivity index (χ1n) is 6.68. The molecule has 1 aliphatic rings. The molecule has 2 N–H and O–H groups in total. The average Bonchev–Trinajstić information content (AvgIpc) is 3.25. The monoisotopic (exact) mass is 268 g/mol. The van der Waals surface area contributed by atoms with E-state index in [2.05, 4.69) is 20.6 Å². The van der Waals surface area contributed by atoms with Crippen LogP contribution in [0.3, 0.4) is 0 Å². The van der Waals surface area contributed by atoms with Crippen molar-refractivity contribution in [2.75, 3.05) is 10.6 Å². The summed E-state index contributed by atoms with van der Waals surface area (Å²) in [6, 6.07) is 9.73. The molecule has 0 aliphatic heterocycles. The second kappa shape index (κ2) is 5.28. The largest absolute Gasteiger partial charge is 0.351 e. The van der Waals surface area contributed by atoms with Gasteiger partial charge in [0.2, 0.25) is 5.95 Å². The van der Waals surface area contributed by atoms with Gasteiger partial charge < -0.3 is 10.6 Å². The predicted molar refractivity (Wildman–Crippen MR) is 77.8 cm³/mol. The lowest BCUT2D eigenvalue weighted by Gasteiger charge is -2.07. The van der Waals surface area contributed by atoms with Gasteiger partial charge in [-0.2, -0.15) is 0 Å². The number of rotatable bonds is 4.